The molecule has 2 aromatic carbocycles. The van der Waals surface area contributed by atoms with Gasteiger partial charge >= 0.3 is 0 Å². The minimum atomic E-state index is -0.530. The molecule has 0 aliphatic heterocycles. The zero-order valence-corrected chi connectivity index (χ0v) is 18.6. The van der Waals surface area contributed by atoms with Crippen LogP contribution >= 0.6 is 0 Å². The number of rotatable bonds is 10. The topological polar surface area (TPSA) is 47.6 Å². The minimum Gasteiger partial charge on any atom is -0.491 e. The van der Waals surface area contributed by atoms with Gasteiger partial charge in [-0.2, -0.15) is 0 Å². The van der Waals surface area contributed by atoms with Gasteiger partial charge in [0.15, 0.2) is 6.10 Å². The predicted molar refractivity (Wildman–Crippen MR) is 119 cm³/mol. The Morgan fingerprint density at radius 3 is 2.45 bits per heavy atom. The van der Waals surface area contributed by atoms with Crippen LogP contribution in [0.4, 0.5) is 0 Å². The lowest BCUT2D eigenvalue weighted by molar-refractivity contribution is -0.127. The van der Waals surface area contributed by atoms with Crippen molar-refractivity contribution >= 4 is 5.91 Å². The molecule has 29 heavy (non-hydrogen) atoms. The molecule has 1 N–H and O–H groups in total. The summed E-state index contributed by atoms with van der Waals surface area (Å²) in [6.07, 6.45) is 1.39. The molecule has 1 atom stereocenters. The van der Waals surface area contributed by atoms with Gasteiger partial charge in [-0.25, -0.2) is 0 Å². The second-order valence-corrected chi connectivity index (χ2v) is 8.16. The first-order valence-corrected chi connectivity index (χ1v) is 10.6. The van der Waals surface area contributed by atoms with E-state index >= 15 is 0 Å². The van der Waals surface area contributed by atoms with Crippen LogP contribution in [0, 0.1) is 6.92 Å². The fourth-order valence-corrected chi connectivity index (χ4v) is 3.16. The Morgan fingerprint density at radius 1 is 1.00 bits per heavy atom. The summed E-state index contributed by atoms with van der Waals surface area (Å²) in [6, 6.07) is 14.3. The molecule has 0 unspecified atom stereocenters. The highest BCUT2D eigenvalue weighted by Gasteiger charge is 2.17. The molecule has 0 spiro atoms. The molecule has 4 heteroatoms. The van der Waals surface area contributed by atoms with E-state index in [1.807, 2.05) is 39.0 Å². The molecule has 4 nitrogen and oxygen atoms in total. The number of carbonyl (C=O) groups is 1. The molecule has 0 aromatic heterocycles. The third-order valence-electron chi connectivity index (χ3n) is 4.68. The lowest BCUT2D eigenvalue weighted by Gasteiger charge is -2.19. The highest BCUT2D eigenvalue weighted by atomic mass is 16.5. The van der Waals surface area contributed by atoms with Crippen LogP contribution in [-0.4, -0.2) is 24.7 Å². The summed E-state index contributed by atoms with van der Waals surface area (Å²) < 4.78 is 11.7. The Labute approximate surface area is 175 Å². The smallest absolute Gasteiger partial charge is 0.260 e. The van der Waals surface area contributed by atoms with Gasteiger partial charge in [-0.05, 0) is 81.3 Å². The molecular weight excluding hydrogens is 362 g/mol. The van der Waals surface area contributed by atoms with Crippen molar-refractivity contribution in [2.45, 2.75) is 72.5 Å². The van der Waals surface area contributed by atoms with Crippen molar-refractivity contribution in [3.8, 4) is 11.5 Å². The maximum atomic E-state index is 12.4. The lowest BCUT2D eigenvalue weighted by atomic mass is 10.0. The van der Waals surface area contributed by atoms with Gasteiger partial charge in [0.1, 0.15) is 11.5 Å². The fraction of sp³-hybridized carbons (Fsp3) is 0.480. The van der Waals surface area contributed by atoms with Crippen molar-refractivity contribution in [2.75, 3.05) is 6.54 Å². The van der Waals surface area contributed by atoms with Crippen molar-refractivity contribution in [1.29, 1.82) is 0 Å². The Bertz CT molecular complexity index is 798. The summed E-state index contributed by atoms with van der Waals surface area (Å²) >= 11 is 0. The molecule has 2 rings (SSSR count). The van der Waals surface area contributed by atoms with Crippen molar-refractivity contribution in [3.63, 3.8) is 0 Å². The van der Waals surface area contributed by atoms with Crippen LogP contribution in [0.1, 0.15) is 63.6 Å². The maximum Gasteiger partial charge on any atom is 0.260 e. The number of benzene rings is 2. The molecule has 0 heterocycles. The van der Waals surface area contributed by atoms with Crippen LogP contribution in [0.2, 0.25) is 0 Å². The van der Waals surface area contributed by atoms with Crippen molar-refractivity contribution in [1.82, 2.24) is 5.32 Å². The van der Waals surface area contributed by atoms with Crippen LogP contribution in [-0.2, 0) is 11.2 Å². The van der Waals surface area contributed by atoms with Crippen molar-refractivity contribution < 1.29 is 14.3 Å². The minimum absolute atomic E-state index is 0.0851. The monoisotopic (exact) mass is 397 g/mol. The Hall–Kier alpha value is -2.49. The molecular formula is C25H35NO3. The normalized spacial score (nSPS) is 12.1. The molecule has 0 radical (unpaired) electrons. The van der Waals surface area contributed by atoms with E-state index in [2.05, 4.69) is 43.4 Å². The van der Waals surface area contributed by atoms with E-state index in [1.165, 1.54) is 5.56 Å². The average molecular weight is 398 g/mol. The first-order chi connectivity index (χ1) is 13.8. The molecule has 0 saturated carbocycles. The maximum absolute atomic E-state index is 12.4. The van der Waals surface area contributed by atoms with Crippen molar-refractivity contribution in [3.05, 3.63) is 59.2 Å². The number of hydrogen-bond acceptors (Lipinski definition) is 3. The zero-order chi connectivity index (χ0) is 21.4. The molecule has 0 aliphatic carbocycles. The second kappa shape index (κ2) is 10.9. The Morgan fingerprint density at radius 2 is 1.76 bits per heavy atom. The third kappa shape index (κ3) is 7.45. The SMILES string of the molecule is Cc1ccc(C(C)C)c(O[C@H](C)C(=O)NCCCc2cccc(OC(C)C)c2)c1. The van der Waals surface area contributed by atoms with Gasteiger partial charge < -0.3 is 14.8 Å². The van der Waals surface area contributed by atoms with E-state index in [0.29, 0.717) is 12.5 Å². The lowest BCUT2D eigenvalue weighted by Crippen LogP contribution is -2.37. The summed E-state index contributed by atoms with van der Waals surface area (Å²) in [7, 11) is 0. The van der Waals surface area contributed by atoms with Gasteiger partial charge in [0.25, 0.3) is 5.91 Å². The summed E-state index contributed by atoms with van der Waals surface area (Å²) in [5, 5.41) is 2.99. The van der Waals surface area contributed by atoms with E-state index in [1.54, 1.807) is 6.92 Å². The molecule has 1 amide bonds. The first-order valence-electron chi connectivity index (χ1n) is 10.6. The molecule has 2 aromatic rings. The number of hydrogen-bond donors (Lipinski definition) is 1. The summed E-state index contributed by atoms with van der Waals surface area (Å²) in [4.78, 5) is 12.4. The van der Waals surface area contributed by atoms with Gasteiger partial charge in [-0.3, -0.25) is 4.79 Å². The van der Waals surface area contributed by atoms with Crippen molar-refractivity contribution in [2.24, 2.45) is 0 Å². The van der Waals surface area contributed by atoms with Gasteiger partial charge in [0, 0.05) is 6.54 Å². The third-order valence-corrected chi connectivity index (χ3v) is 4.68. The molecule has 0 bridgehead atoms. The molecule has 158 valence electrons. The standard InChI is InChI=1S/C25H35NO3/c1-17(2)23-13-12-19(5)15-24(23)29-20(6)25(27)26-14-8-10-21-9-7-11-22(16-21)28-18(3)4/h7,9,11-13,15-18,20H,8,10,14H2,1-6H3,(H,26,27)/t20-/m1/s1. The highest BCUT2D eigenvalue weighted by molar-refractivity contribution is 5.80. The zero-order valence-electron chi connectivity index (χ0n) is 18.6. The van der Waals surface area contributed by atoms with Crippen LogP contribution in [0.5, 0.6) is 11.5 Å². The van der Waals surface area contributed by atoms with Crippen LogP contribution in [0.15, 0.2) is 42.5 Å². The van der Waals surface area contributed by atoms with E-state index in [9.17, 15) is 4.79 Å². The van der Waals surface area contributed by atoms with E-state index in [-0.39, 0.29) is 12.0 Å². The number of aryl methyl sites for hydroxylation is 2. The number of carbonyl (C=O) groups excluding carboxylic acids is 1. The number of ether oxygens (including phenoxy) is 2. The van der Waals surface area contributed by atoms with Gasteiger partial charge in [-0.15, -0.1) is 0 Å². The van der Waals surface area contributed by atoms with Crippen LogP contribution in [0.3, 0.4) is 0 Å². The van der Waals surface area contributed by atoms with Crippen LogP contribution < -0.4 is 14.8 Å². The Balaban J connectivity index is 1.82. The number of nitrogens with one attached hydrogen (secondary N) is 1. The second-order valence-electron chi connectivity index (χ2n) is 8.16. The molecule has 0 fully saturated rings. The van der Waals surface area contributed by atoms with Gasteiger partial charge in [0.05, 0.1) is 6.10 Å². The van der Waals surface area contributed by atoms with Gasteiger partial charge in [-0.1, -0.05) is 38.1 Å². The predicted octanol–water partition coefficient (Wildman–Crippen LogP) is 5.42. The highest BCUT2D eigenvalue weighted by Crippen LogP contribution is 2.28. The first kappa shape index (κ1) is 22.8. The molecule has 0 saturated heterocycles. The quantitative estimate of drug-likeness (QED) is 0.544. The fourth-order valence-electron chi connectivity index (χ4n) is 3.16. The summed E-state index contributed by atoms with van der Waals surface area (Å²) in [6.45, 7) is 12.7. The summed E-state index contributed by atoms with van der Waals surface area (Å²) in [5.74, 6) is 1.95. The van der Waals surface area contributed by atoms with Gasteiger partial charge in [0.2, 0.25) is 0 Å². The van der Waals surface area contributed by atoms with Crippen LogP contribution in [0.25, 0.3) is 0 Å². The average Bonchev–Trinajstić information content (AvgIpc) is 2.64. The Kier molecular flexibility index (Phi) is 8.56. The number of amides is 1. The van der Waals surface area contributed by atoms with E-state index in [0.717, 1.165) is 35.5 Å². The van der Waals surface area contributed by atoms with E-state index < -0.39 is 6.10 Å². The van der Waals surface area contributed by atoms with E-state index in [4.69, 9.17) is 9.47 Å². The largest absolute Gasteiger partial charge is 0.491 e. The molecule has 0 aliphatic rings. The summed E-state index contributed by atoms with van der Waals surface area (Å²) in [5.41, 5.74) is 3.46.